The summed E-state index contributed by atoms with van der Waals surface area (Å²) >= 11 is 0. The van der Waals surface area contributed by atoms with Crippen LogP contribution in [0.25, 0.3) is 0 Å². The highest BCUT2D eigenvalue weighted by Crippen LogP contribution is 2.18. The van der Waals surface area contributed by atoms with E-state index in [-0.39, 0.29) is 23.8 Å². The molecule has 2 saturated heterocycles. The summed E-state index contributed by atoms with van der Waals surface area (Å²) in [6.07, 6.45) is 2.22. The quantitative estimate of drug-likeness (QED) is 0.719. The van der Waals surface area contributed by atoms with Crippen molar-refractivity contribution in [1.82, 2.24) is 15.1 Å². The monoisotopic (exact) mass is 253 g/mol. The van der Waals surface area contributed by atoms with Gasteiger partial charge < -0.3 is 15.1 Å². The van der Waals surface area contributed by atoms with Crippen LogP contribution < -0.4 is 5.32 Å². The average Bonchev–Trinajstić information content (AvgIpc) is 2.50. The lowest BCUT2D eigenvalue weighted by molar-refractivity contribution is -0.139. The molecule has 2 aliphatic rings. The van der Waals surface area contributed by atoms with E-state index < -0.39 is 0 Å². The Kier molecular flexibility index (Phi) is 4.22. The van der Waals surface area contributed by atoms with E-state index >= 15 is 0 Å². The first-order valence-corrected chi connectivity index (χ1v) is 6.83. The normalized spacial score (nSPS) is 30.8. The van der Waals surface area contributed by atoms with Gasteiger partial charge in [0.05, 0.1) is 5.92 Å². The highest BCUT2D eigenvalue weighted by molar-refractivity contribution is 5.84. The number of rotatable bonds is 1. The van der Waals surface area contributed by atoms with E-state index in [1.165, 1.54) is 0 Å². The fourth-order valence-electron chi connectivity index (χ4n) is 2.88. The van der Waals surface area contributed by atoms with Gasteiger partial charge in [-0.25, -0.2) is 0 Å². The molecular formula is C13H23N3O2. The largest absolute Gasteiger partial charge is 0.355 e. The first-order valence-electron chi connectivity index (χ1n) is 6.83. The van der Waals surface area contributed by atoms with Crippen LogP contribution in [0, 0.1) is 5.92 Å². The molecule has 2 aliphatic heterocycles. The smallest absolute Gasteiger partial charge is 0.227 e. The number of carbonyl (C=O) groups excluding carboxylic acids is 2. The Morgan fingerprint density at radius 1 is 1.39 bits per heavy atom. The summed E-state index contributed by atoms with van der Waals surface area (Å²) < 4.78 is 0. The number of hydrogen-bond donors (Lipinski definition) is 1. The summed E-state index contributed by atoms with van der Waals surface area (Å²) in [7, 11) is 2.10. The standard InChI is InChI=1S/C13H23N3O2/c1-10-9-15(2)6-3-7-16(10)13(18)11-4-5-12(17)14-8-11/h10-11H,3-9H2,1-2H3,(H,14,17). The Hall–Kier alpha value is -1.10. The lowest BCUT2D eigenvalue weighted by Gasteiger charge is -2.32. The second kappa shape index (κ2) is 5.69. The van der Waals surface area contributed by atoms with E-state index in [1.54, 1.807) is 0 Å². The molecule has 0 aromatic heterocycles. The van der Waals surface area contributed by atoms with Crippen LogP contribution in [0.15, 0.2) is 0 Å². The van der Waals surface area contributed by atoms with Gasteiger partial charge in [0, 0.05) is 32.1 Å². The van der Waals surface area contributed by atoms with Crippen LogP contribution in [-0.2, 0) is 9.59 Å². The molecule has 0 saturated carbocycles. The third kappa shape index (κ3) is 3.02. The van der Waals surface area contributed by atoms with Crippen LogP contribution in [0.1, 0.15) is 26.2 Å². The molecule has 2 rings (SSSR count). The van der Waals surface area contributed by atoms with E-state index in [1.807, 2.05) is 4.90 Å². The first-order chi connectivity index (χ1) is 8.58. The fourth-order valence-corrected chi connectivity index (χ4v) is 2.88. The number of carbonyl (C=O) groups is 2. The molecule has 5 heteroatoms. The average molecular weight is 253 g/mol. The van der Waals surface area contributed by atoms with Crippen molar-refractivity contribution < 1.29 is 9.59 Å². The minimum absolute atomic E-state index is 0.0199. The summed E-state index contributed by atoms with van der Waals surface area (Å²) in [5.41, 5.74) is 0. The number of likely N-dealkylation sites (N-methyl/N-ethyl adjacent to an activating group) is 1. The number of nitrogens with zero attached hydrogens (tertiary/aromatic N) is 2. The topological polar surface area (TPSA) is 52.7 Å². The van der Waals surface area contributed by atoms with Crippen molar-refractivity contribution in [3.05, 3.63) is 0 Å². The van der Waals surface area contributed by atoms with Crippen LogP contribution in [-0.4, -0.2) is 60.9 Å². The number of hydrogen-bond acceptors (Lipinski definition) is 3. The van der Waals surface area contributed by atoms with Gasteiger partial charge in [-0.1, -0.05) is 0 Å². The van der Waals surface area contributed by atoms with Crippen molar-refractivity contribution in [2.24, 2.45) is 5.92 Å². The lowest BCUT2D eigenvalue weighted by Crippen LogP contribution is -2.49. The van der Waals surface area contributed by atoms with Crippen molar-refractivity contribution in [2.75, 3.05) is 33.2 Å². The molecule has 2 amide bonds. The molecule has 1 N–H and O–H groups in total. The van der Waals surface area contributed by atoms with Crippen molar-refractivity contribution in [3.8, 4) is 0 Å². The van der Waals surface area contributed by atoms with Crippen LogP contribution >= 0.6 is 0 Å². The van der Waals surface area contributed by atoms with Crippen LogP contribution in [0.2, 0.25) is 0 Å². The van der Waals surface area contributed by atoms with E-state index in [4.69, 9.17) is 0 Å². The van der Waals surface area contributed by atoms with Gasteiger partial charge >= 0.3 is 0 Å². The summed E-state index contributed by atoms with van der Waals surface area (Å²) in [4.78, 5) is 27.9. The highest BCUT2D eigenvalue weighted by Gasteiger charge is 2.31. The minimum Gasteiger partial charge on any atom is -0.355 e. The maximum atomic E-state index is 12.5. The Bertz CT molecular complexity index is 322. The summed E-state index contributed by atoms with van der Waals surface area (Å²) in [6, 6.07) is 0.266. The Labute approximate surface area is 108 Å². The number of piperidine rings is 1. The van der Waals surface area contributed by atoms with Gasteiger partial charge in [-0.15, -0.1) is 0 Å². The molecule has 0 bridgehead atoms. The Balaban J connectivity index is 1.96. The summed E-state index contributed by atoms with van der Waals surface area (Å²) in [5, 5.41) is 2.79. The van der Waals surface area contributed by atoms with Gasteiger partial charge in [-0.2, -0.15) is 0 Å². The lowest BCUT2D eigenvalue weighted by atomic mass is 9.97. The minimum atomic E-state index is -0.0199. The van der Waals surface area contributed by atoms with Crippen LogP contribution in [0.3, 0.4) is 0 Å². The van der Waals surface area contributed by atoms with Crippen molar-refractivity contribution in [2.45, 2.75) is 32.2 Å². The molecule has 0 aliphatic carbocycles. The third-order valence-corrected chi connectivity index (χ3v) is 3.94. The van der Waals surface area contributed by atoms with Crippen molar-refractivity contribution >= 4 is 11.8 Å². The SMILES string of the molecule is CC1CN(C)CCCN1C(=O)C1CCC(=O)NC1. The maximum absolute atomic E-state index is 12.5. The Morgan fingerprint density at radius 2 is 2.17 bits per heavy atom. The van der Waals surface area contributed by atoms with Crippen molar-refractivity contribution in [1.29, 1.82) is 0 Å². The maximum Gasteiger partial charge on any atom is 0.227 e. The zero-order chi connectivity index (χ0) is 13.1. The second-order valence-corrected chi connectivity index (χ2v) is 5.54. The van der Waals surface area contributed by atoms with Gasteiger partial charge in [-0.3, -0.25) is 9.59 Å². The van der Waals surface area contributed by atoms with Gasteiger partial charge in [0.25, 0.3) is 0 Å². The van der Waals surface area contributed by atoms with E-state index in [2.05, 4.69) is 24.2 Å². The molecule has 0 radical (unpaired) electrons. The van der Waals surface area contributed by atoms with Gasteiger partial charge in [0.2, 0.25) is 11.8 Å². The molecule has 5 nitrogen and oxygen atoms in total. The molecule has 18 heavy (non-hydrogen) atoms. The molecule has 102 valence electrons. The zero-order valence-electron chi connectivity index (χ0n) is 11.3. The molecule has 0 aromatic rings. The molecular weight excluding hydrogens is 230 g/mol. The molecule has 0 spiro atoms. The van der Waals surface area contributed by atoms with E-state index in [9.17, 15) is 9.59 Å². The second-order valence-electron chi connectivity index (χ2n) is 5.54. The predicted molar refractivity (Wildman–Crippen MR) is 69.0 cm³/mol. The zero-order valence-corrected chi connectivity index (χ0v) is 11.3. The molecule has 0 aromatic carbocycles. The third-order valence-electron chi connectivity index (χ3n) is 3.94. The number of amides is 2. The fraction of sp³-hybridized carbons (Fsp3) is 0.846. The molecule has 2 unspecified atom stereocenters. The highest BCUT2D eigenvalue weighted by atomic mass is 16.2. The van der Waals surface area contributed by atoms with E-state index in [0.29, 0.717) is 19.4 Å². The molecule has 2 atom stereocenters. The molecule has 2 heterocycles. The van der Waals surface area contributed by atoms with E-state index in [0.717, 1.165) is 26.1 Å². The predicted octanol–water partition coefficient (Wildman–Crippen LogP) is 0.0652. The summed E-state index contributed by atoms with van der Waals surface area (Å²) in [6.45, 7) is 5.45. The van der Waals surface area contributed by atoms with Crippen LogP contribution in [0.5, 0.6) is 0 Å². The first kappa shape index (κ1) is 13.3. The molecule has 2 fully saturated rings. The van der Waals surface area contributed by atoms with Crippen molar-refractivity contribution in [3.63, 3.8) is 0 Å². The van der Waals surface area contributed by atoms with Gasteiger partial charge in [-0.05, 0) is 33.4 Å². The Morgan fingerprint density at radius 3 is 2.83 bits per heavy atom. The number of nitrogens with one attached hydrogen (secondary N) is 1. The van der Waals surface area contributed by atoms with Crippen LogP contribution in [0.4, 0.5) is 0 Å². The van der Waals surface area contributed by atoms with Gasteiger partial charge in [0.1, 0.15) is 0 Å². The van der Waals surface area contributed by atoms with Gasteiger partial charge in [0.15, 0.2) is 0 Å². The summed E-state index contributed by atoms with van der Waals surface area (Å²) in [5.74, 6) is 0.272.